The molecule has 1 aromatic heterocycles. The molecular weight excluding hydrogens is 449 g/mol. The molecule has 0 N–H and O–H groups in total. The zero-order valence-corrected chi connectivity index (χ0v) is 19.9. The minimum atomic E-state index is 0.281. The highest BCUT2D eigenvalue weighted by Crippen LogP contribution is 2.45. The molecule has 158 valence electrons. The molecule has 0 aliphatic carbocycles. The number of rotatable bonds is 1. The molecule has 2 aliphatic heterocycles. The van der Waals surface area contributed by atoms with Crippen molar-refractivity contribution in [1.29, 1.82) is 0 Å². The molecule has 1 nitrogen and oxygen atoms in total. The highest BCUT2D eigenvalue weighted by atomic mass is 32.2. The molecule has 6 aromatic rings. The summed E-state index contributed by atoms with van der Waals surface area (Å²) in [5.74, 6) is 0. The molecule has 0 unspecified atom stereocenters. The average molecular weight is 467 g/mol. The van der Waals surface area contributed by atoms with Gasteiger partial charge in [0.15, 0.2) is 0 Å². The maximum atomic E-state index is 2.45. The quantitative estimate of drug-likeness (QED) is 0.264. The molecular formula is C30H18BNS2. The van der Waals surface area contributed by atoms with Crippen molar-refractivity contribution in [1.82, 2.24) is 4.57 Å². The van der Waals surface area contributed by atoms with Gasteiger partial charge in [0, 0.05) is 36.0 Å². The van der Waals surface area contributed by atoms with Crippen LogP contribution in [-0.4, -0.2) is 11.3 Å². The fourth-order valence-corrected chi connectivity index (χ4v) is 8.31. The van der Waals surface area contributed by atoms with Crippen molar-refractivity contribution in [2.45, 2.75) is 19.6 Å². The van der Waals surface area contributed by atoms with E-state index < -0.39 is 0 Å². The first-order chi connectivity index (χ1) is 16.9. The molecule has 0 saturated carbocycles. The van der Waals surface area contributed by atoms with Gasteiger partial charge in [0.1, 0.15) is 0 Å². The number of nitrogens with zero attached hydrogens (tertiary/aromatic N) is 1. The maximum absolute atomic E-state index is 2.45. The number of hydrogen-bond acceptors (Lipinski definition) is 2. The molecule has 8 rings (SSSR count). The topological polar surface area (TPSA) is 4.93 Å². The highest BCUT2D eigenvalue weighted by Gasteiger charge is 2.39. The van der Waals surface area contributed by atoms with Gasteiger partial charge in [-0.05, 0) is 41.9 Å². The van der Waals surface area contributed by atoms with E-state index in [0.29, 0.717) is 0 Å². The van der Waals surface area contributed by atoms with Crippen LogP contribution >= 0.6 is 23.5 Å². The van der Waals surface area contributed by atoms with Crippen molar-refractivity contribution < 1.29 is 0 Å². The summed E-state index contributed by atoms with van der Waals surface area (Å²) in [6.45, 7) is 0.281. The van der Waals surface area contributed by atoms with Crippen LogP contribution in [-0.2, 0) is 0 Å². The van der Waals surface area contributed by atoms with Crippen LogP contribution in [0.1, 0.15) is 0 Å². The van der Waals surface area contributed by atoms with Gasteiger partial charge in [-0.2, -0.15) is 0 Å². The van der Waals surface area contributed by atoms with Crippen LogP contribution in [0.3, 0.4) is 0 Å². The number of benzene rings is 5. The molecule has 0 saturated heterocycles. The molecule has 0 amide bonds. The third kappa shape index (κ3) is 2.50. The predicted molar refractivity (Wildman–Crippen MR) is 147 cm³/mol. The van der Waals surface area contributed by atoms with Gasteiger partial charge in [-0.15, -0.1) is 0 Å². The van der Waals surface area contributed by atoms with Gasteiger partial charge in [-0.3, -0.25) is 0 Å². The Labute approximate surface area is 206 Å². The van der Waals surface area contributed by atoms with Gasteiger partial charge in [-0.1, -0.05) is 107 Å². The van der Waals surface area contributed by atoms with Crippen LogP contribution < -0.4 is 16.4 Å². The average Bonchev–Trinajstić information content (AvgIpc) is 3.23. The van der Waals surface area contributed by atoms with E-state index in [1.807, 2.05) is 23.5 Å². The fraction of sp³-hybridized carbons (Fsp3) is 0. The molecule has 4 heteroatoms. The van der Waals surface area contributed by atoms with Crippen LogP contribution in [0.5, 0.6) is 0 Å². The van der Waals surface area contributed by atoms with Crippen LogP contribution in [0.15, 0.2) is 129 Å². The molecule has 2 aliphatic rings. The van der Waals surface area contributed by atoms with E-state index in [1.165, 1.54) is 63.5 Å². The van der Waals surface area contributed by atoms with Crippen molar-refractivity contribution >= 4 is 68.4 Å². The van der Waals surface area contributed by atoms with E-state index in [9.17, 15) is 0 Å². The molecule has 3 heterocycles. The summed E-state index contributed by atoms with van der Waals surface area (Å²) < 4.78 is 2.44. The largest absolute Gasteiger partial charge is 0.309 e. The Hall–Kier alpha value is -3.34. The standard InChI is InChI=1S/C30H18BNS2/c1-2-10-19(11-3-1)32-23-15-7-4-12-20(23)28-24(32)18-27-29-30(28)34-26-17-9-6-14-22(26)31(29)21-13-5-8-16-25(21)33-27/h1-18H. The molecule has 0 atom stereocenters. The molecule has 34 heavy (non-hydrogen) atoms. The number of fused-ring (bicyclic) bond motifs is 8. The van der Waals surface area contributed by atoms with E-state index in [-0.39, 0.29) is 6.71 Å². The Bertz CT molecular complexity index is 1760. The van der Waals surface area contributed by atoms with Crippen molar-refractivity contribution in [2.24, 2.45) is 0 Å². The number of aromatic nitrogens is 1. The van der Waals surface area contributed by atoms with Crippen LogP contribution in [0, 0.1) is 0 Å². The zero-order valence-electron chi connectivity index (χ0n) is 18.2. The second-order valence-corrected chi connectivity index (χ2v) is 11.0. The zero-order chi connectivity index (χ0) is 22.2. The molecule has 0 radical (unpaired) electrons. The molecule has 0 fully saturated rings. The Kier molecular flexibility index (Phi) is 3.96. The minimum Gasteiger partial charge on any atom is -0.309 e. The smallest absolute Gasteiger partial charge is 0.247 e. The van der Waals surface area contributed by atoms with Gasteiger partial charge in [0.25, 0.3) is 0 Å². The Morgan fingerprint density at radius 2 is 1.21 bits per heavy atom. The van der Waals surface area contributed by atoms with E-state index >= 15 is 0 Å². The van der Waals surface area contributed by atoms with Gasteiger partial charge < -0.3 is 4.57 Å². The summed E-state index contributed by atoms with van der Waals surface area (Å²) in [6, 6.07) is 40.0. The second kappa shape index (κ2) is 7.08. The normalized spacial score (nSPS) is 13.6. The Balaban J connectivity index is 1.56. The van der Waals surface area contributed by atoms with Crippen molar-refractivity contribution in [2.75, 3.05) is 0 Å². The van der Waals surface area contributed by atoms with Crippen LogP contribution in [0.2, 0.25) is 0 Å². The molecule has 0 spiro atoms. The lowest BCUT2D eigenvalue weighted by Crippen LogP contribution is -2.58. The fourth-order valence-electron chi connectivity index (χ4n) is 5.73. The summed E-state index contributed by atoms with van der Waals surface area (Å²) in [5, 5.41) is 2.70. The summed E-state index contributed by atoms with van der Waals surface area (Å²) >= 11 is 3.88. The SMILES string of the molecule is c1ccc(-n2c3ccccc3c3c4c5c(cc32)Sc2ccccc2B5c2ccccc2S4)cc1. The molecule has 0 bridgehead atoms. The lowest BCUT2D eigenvalue weighted by atomic mass is 9.36. The van der Waals surface area contributed by atoms with E-state index in [2.05, 4.69) is 114 Å². The minimum absolute atomic E-state index is 0.281. The summed E-state index contributed by atoms with van der Waals surface area (Å²) in [5.41, 5.74) is 8.11. The predicted octanol–water partition coefficient (Wildman–Crippen LogP) is 6.23. The third-order valence-electron chi connectivity index (χ3n) is 7.11. The first kappa shape index (κ1) is 19.0. The van der Waals surface area contributed by atoms with Crippen molar-refractivity contribution in [3.63, 3.8) is 0 Å². The monoisotopic (exact) mass is 467 g/mol. The third-order valence-corrected chi connectivity index (χ3v) is 9.48. The Morgan fingerprint density at radius 1 is 0.559 bits per heavy atom. The van der Waals surface area contributed by atoms with Gasteiger partial charge in [0.2, 0.25) is 6.71 Å². The lowest BCUT2D eigenvalue weighted by Gasteiger charge is -2.33. The second-order valence-electron chi connectivity index (χ2n) is 8.91. The maximum Gasteiger partial charge on any atom is 0.247 e. The van der Waals surface area contributed by atoms with Gasteiger partial charge in [-0.25, -0.2) is 0 Å². The van der Waals surface area contributed by atoms with Crippen LogP contribution in [0.4, 0.5) is 0 Å². The van der Waals surface area contributed by atoms with Gasteiger partial charge >= 0.3 is 0 Å². The Morgan fingerprint density at radius 3 is 2.00 bits per heavy atom. The van der Waals surface area contributed by atoms with Crippen molar-refractivity contribution in [3.8, 4) is 5.69 Å². The van der Waals surface area contributed by atoms with Crippen molar-refractivity contribution in [3.05, 3.63) is 109 Å². The first-order valence-electron chi connectivity index (χ1n) is 11.6. The summed E-state index contributed by atoms with van der Waals surface area (Å²) in [7, 11) is 0. The van der Waals surface area contributed by atoms with Crippen LogP contribution in [0.25, 0.3) is 27.5 Å². The van der Waals surface area contributed by atoms with E-state index in [4.69, 9.17) is 0 Å². The number of hydrogen-bond donors (Lipinski definition) is 0. The molecule has 5 aromatic carbocycles. The van der Waals surface area contributed by atoms with E-state index in [1.54, 1.807) is 0 Å². The van der Waals surface area contributed by atoms with E-state index in [0.717, 1.165) is 0 Å². The first-order valence-corrected chi connectivity index (χ1v) is 13.2. The van der Waals surface area contributed by atoms with Gasteiger partial charge in [0.05, 0.1) is 11.0 Å². The lowest BCUT2D eigenvalue weighted by molar-refractivity contribution is 1.17. The summed E-state index contributed by atoms with van der Waals surface area (Å²) in [6.07, 6.45) is 0. The summed E-state index contributed by atoms with van der Waals surface area (Å²) in [4.78, 5) is 5.54. The highest BCUT2D eigenvalue weighted by molar-refractivity contribution is 8.01. The number of para-hydroxylation sites is 2.